The van der Waals surface area contributed by atoms with Gasteiger partial charge in [-0.2, -0.15) is 18.2 Å². The Morgan fingerprint density at radius 1 is 0.972 bits per heavy atom. The summed E-state index contributed by atoms with van der Waals surface area (Å²) in [7, 11) is 0. The molecule has 1 aliphatic carbocycles. The van der Waals surface area contributed by atoms with Crippen LogP contribution in [0.5, 0.6) is 0 Å². The molecule has 0 amide bonds. The number of hydrogen-bond donors (Lipinski definition) is 1. The molecule has 4 heterocycles. The van der Waals surface area contributed by atoms with E-state index in [4.69, 9.17) is 10.1 Å². The third-order valence-electron chi connectivity index (χ3n) is 8.01. The van der Waals surface area contributed by atoms with Gasteiger partial charge in [0.15, 0.2) is 0 Å². The summed E-state index contributed by atoms with van der Waals surface area (Å²) >= 11 is 0. The minimum absolute atomic E-state index is 0.0580. The highest BCUT2D eigenvalue weighted by atomic mass is 19.4. The quantitative estimate of drug-likeness (QED) is 0.545. The molecule has 2 aromatic heterocycles. The highest BCUT2D eigenvalue weighted by Crippen LogP contribution is 2.40. The lowest BCUT2D eigenvalue weighted by Crippen LogP contribution is -2.48. The Hall–Kier alpha value is -3.17. The molecule has 2 aliphatic heterocycles. The molecule has 1 unspecified atom stereocenters. The molecule has 190 valence electrons. The van der Waals surface area contributed by atoms with Gasteiger partial charge >= 0.3 is 6.18 Å². The van der Waals surface area contributed by atoms with Crippen molar-refractivity contribution in [3.05, 3.63) is 59.3 Å². The number of aryl methyl sites for hydroxylation is 2. The molecular formula is C26H30F3N7. The van der Waals surface area contributed by atoms with Gasteiger partial charge in [0.1, 0.15) is 18.0 Å². The molecule has 36 heavy (non-hydrogen) atoms. The molecule has 2 bridgehead atoms. The highest BCUT2D eigenvalue weighted by molar-refractivity contribution is 5.42. The Morgan fingerprint density at radius 3 is 2.42 bits per heavy atom. The summed E-state index contributed by atoms with van der Waals surface area (Å²) in [5.41, 5.74) is 1.21. The van der Waals surface area contributed by atoms with Crippen LogP contribution in [0.4, 0.5) is 24.9 Å². The minimum Gasteiger partial charge on any atom is -0.356 e. The summed E-state index contributed by atoms with van der Waals surface area (Å²) in [5, 5.41) is 8.46. The first-order valence-electron chi connectivity index (χ1n) is 12.8. The SMILES string of the molecule is Cc1cc(N2C[C@H]3CC[C@@H](C2)[C@H]3Nc2nc3n(n2)CCCCC3c2ccc(C(F)(F)F)cc2)ncn1. The van der Waals surface area contributed by atoms with E-state index in [2.05, 4.69) is 20.2 Å². The summed E-state index contributed by atoms with van der Waals surface area (Å²) in [6, 6.07) is 7.88. The first-order valence-corrected chi connectivity index (χ1v) is 12.8. The number of hydrogen-bond acceptors (Lipinski definition) is 6. The number of nitrogens with zero attached hydrogens (tertiary/aromatic N) is 6. The Labute approximate surface area is 208 Å². The van der Waals surface area contributed by atoms with Gasteiger partial charge in [0.2, 0.25) is 5.95 Å². The van der Waals surface area contributed by atoms with Gasteiger partial charge < -0.3 is 10.2 Å². The largest absolute Gasteiger partial charge is 0.416 e. The number of benzene rings is 1. The Balaban J connectivity index is 1.20. The van der Waals surface area contributed by atoms with Gasteiger partial charge in [-0.3, -0.25) is 0 Å². The smallest absolute Gasteiger partial charge is 0.356 e. The first kappa shape index (κ1) is 23.2. The lowest BCUT2D eigenvalue weighted by Gasteiger charge is -2.38. The van der Waals surface area contributed by atoms with Gasteiger partial charge in [0.05, 0.1) is 5.56 Å². The summed E-state index contributed by atoms with van der Waals surface area (Å²) in [6.07, 6.45) is 2.44. The molecule has 7 nitrogen and oxygen atoms in total. The van der Waals surface area contributed by atoms with E-state index in [1.165, 1.54) is 12.1 Å². The molecular weight excluding hydrogens is 467 g/mol. The van der Waals surface area contributed by atoms with E-state index < -0.39 is 11.7 Å². The fraction of sp³-hybridized carbons (Fsp3) is 0.538. The monoisotopic (exact) mass is 497 g/mol. The number of nitrogens with one attached hydrogen (secondary N) is 1. The molecule has 6 rings (SSSR count). The number of fused-ring (bicyclic) bond motifs is 3. The van der Waals surface area contributed by atoms with E-state index in [1.807, 2.05) is 17.7 Å². The van der Waals surface area contributed by atoms with E-state index in [1.54, 1.807) is 18.5 Å². The summed E-state index contributed by atoms with van der Waals surface area (Å²) in [4.78, 5) is 16.0. The van der Waals surface area contributed by atoms with Crippen molar-refractivity contribution in [3.63, 3.8) is 0 Å². The fourth-order valence-electron chi connectivity index (χ4n) is 6.20. The molecule has 3 aromatic rings. The number of halogens is 3. The lowest BCUT2D eigenvalue weighted by molar-refractivity contribution is -0.137. The summed E-state index contributed by atoms with van der Waals surface area (Å²) in [5.74, 6) is 3.37. The zero-order chi connectivity index (χ0) is 24.9. The highest BCUT2D eigenvalue weighted by Gasteiger charge is 2.43. The number of rotatable bonds is 4. The molecule has 1 aromatic carbocycles. The molecule has 1 saturated heterocycles. The second-order valence-corrected chi connectivity index (χ2v) is 10.4. The summed E-state index contributed by atoms with van der Waals surface area (Å²) in [6.45, 7) is 4.64. The molecule has 0 spiro atoms. The van der Waals surface area contributed by atoms with Crippen LogP contribution >= 0.6 is 0 Å². The number of anilines is 2. The van der Waals surface area contributed by atoms with Crippen LogP contribution in [0, 0.1) is 18.8 Å². The topological polar surface area (TPSA) is 71.8 Å². The molecule has 1 N–H and O–H groups in total. The van der Waals surface area contributed by atoms with Crippen molar-refractivity contribution in [2.45, 2.75) is 63.7 Å². The average molecular weight is 498 g/mol. The van der Waals surface area contributed by atoms with Gasteiger partial charge in [0.25, 0.3) is 0 Å². The Kier molecular flexibility index (Phi) is 5.84. The van der Waals surface area contributed by atoms with Gasteiger partial charge in [-0.15, -0.1) is 5.10 Å². The van der Waals surface area contributed by atoms with Gasteiger partial charge in [-0.1, -0.05) is 18.6 Å². The molecule has 3 aliphatic rings. The van der Waals surface area contributed by atoms with Crippen molar-refractivity contribution in [3.8, 4) is 0 Å². The number of aromatic nitrogens is 5. The normalized spacial score (nSPS) is 25.9. The van der Waals surface area contributed by atoms with E-state index >= 15 is 0 Å². The van der Waals surface area contributed by atoms with Crippen LogP contribution in [-0.2, 0) is 12.7 Å². The van der Waals surface area contributed by atoms with Crippen LogP contribution in [0.3, 0.4) is 0 Å². The van der Waals surface area contributed by atoms with Crippen molar-refractivity contribution in [2.75, 3.05) is 23.3 Å². The van der Waals surface area contributed by atoms with Crippen LogP contribution in [0.2, 0.25) is 0 Å². The Morgan fingerprint density at radius 2 is 1.72 bits per heavy atom. The number of alkyl halides is 3. The van der Waals surface area contributed by atoms with Crippen molar-refractivity contribution in [1.82, 2.24) is 24.7 Å². The van der Waals surface area contributed by atoms with Crippen LogP contribution < -0.4 is 10.2 Å². The fourth-order valence-corrected chi connectivity index (χ4v) is 6.20. The van der Waals surface area contributed by atoms with Crippen LogP contribution in [0.25, 0.3) is 0 Å². The van der Waals surface area contributed by atoms with Crippen molar-refractivity contribution >= 4 is 11.8 Å². The first-order chi connectivity index (χ1) is 17.3. The summed E-state index contributed by atoms with van der Waals surface area (Å²) < 4.78 is 41.1. The molecule has 4 atom stereocenters. The maximum atomic E-state index is 13.1. The van der Waals surface area contributed by atoms with Gasteiger partial charge in [0, 0.05) is 43.4 Å². The van der Waals surface area contributed by atoms with Crippen molar-refractivity contribution in [2.24, 2.45) is 11.8 Å². The molecule has 1 saturated carbocycles. The maximum Gasteiger partial charge on any atom is 0.416 e. The van der Waals surface area contributed by atoms with Crippen LogP contribution in [-0.4, -0.2) is 43.9 Å². The van der Waals surface area contributed by atoms with Crippen LogP contribution in [0.15, 0.2) is 36.7 Å². The predicted molar refractivity (Wildman–Crippen MR) is 130 cm³/mol. The second kappa shape index (κ2) is 9.05. The maximum absolute atomic E-state index is 13.1. The van der Waals surface area contributed by atoms with Crippen molar-refractivity contribution < 1.29 is 13.2 Å². The van der Waals surface area contributed by atoms with Gasteiger partial charge in [-0.25, -0.2) is 14.6 Å². The standard InChI is InChI=1S/C26H30F3N7/c1-16-12-22(31-15-30-16)35-13-18-5-6-19(14-35)23(18)32-25-33-24-21(4-2-3-11-36(24)34-25)17-7-9-20(10-8-17)26(27,28)29/h7-10,12,15,18-19,21,23H,2-6,11,13-14H2,1H3,(H,32,34)/t18-,19+,21?,23+. The lowest BCUT2D eigenvalue weighted by atomic mass is 9.92. The predicted octanol–water partition coefficient (Wildman–Crippen LogP) is 5.04. The average Bonchev–Trinajstić information content (AvgIpc) is 3.25. The third-order valence-corrected chi connectivity index (χ3v) is 8.01. The van der Waals surface area contributed by atoms with Gasteiger partial charge in [-0.05, 0) is 62.1 Å². The molecule has 0 radical (unpaired) electrons. The van der Waals surface area contributed by atoms with Crippen molar-refractivity contribution in [1.29, 1.82) is 0 Å². The zero-order valence-electron chi connectivity index (χ0n) is 20.2. The van der Waals surface area contributed by atoms with E-state index in [-0.39, 0.29) is 5.92 Å². The zero-order valence-corrected chi connectivity index (χ0v) is 20.2. The van der Waals surface area contributed by atoms with E-state index in [0.717, 1.165) is 74.6 Å². The van der Waals surface area contributed by atoms with E-state index in [9.17, 15) is 13.2 Å². The van der Waals surface area contributed by atoms with Crippen LogP contribution in [0.1, 0.15) is 60.7 Å². The third kappa shape index (κ3) is 4.41. The second-order valence-electron chi connectivity index (χ2n) is 10.4. The molecule has 10 heteroatoms. The Bertz CT molecular complexity index is 1210. The van der Waals surface area contributed by atoms with E-state index in [0.29, 0.717) is 23.8 Å². The number of piperidine rings is 1. The molecule has 2 fully saturated rings. The minimum atomic E-state index is -4.33.